The first kappa shape index (κ1) is 128. The molecule has 33 heteroatoms. The topological polar surface area (TPSA) is 337 Å². The highest BCUT2D eigenvalue weighted by Gasteiger charge is 2.51. The van der Waals surface area contributed by atoms with Gasteiger partial charge in [0.25, 0.3) is 49.9 Å². The van der Waals surface area contributed by atoms with E-state index in [1.54, 1.807) is 36.4 Å². The fraction of sp³-hybridized carbons (Fsp3) is 0.588. The van der Waals surface area contributed by atoms with Crippen LogP contribution in [-0.2, 0) is 54.3 Å². The van der Waals surface area contributed by atoms with Gasteiger partial charge in [0, 0.05) is 50.0 Å². The van der Waals surface area contributed by atoms with Crippen molar-refractivity contribution in [3.8, 4) is 63.2 Å². The van der Waals surface area contributed by atoms with Crippen LogP contribution in [0.25, 0.3) is 0 Å². The third kappa shape index (κ3) is 37.4. The van der Waals surface area contributed by atoms with Crippen LogP contribution in [0, 0.1) is 40.7 Å². The van der Waals surface area contributed by atoms with Crippen molar-refractivity contribution in [3.05, 3.63) is 191 Å². The van der Waals surface area contributed by atoms with E-state index < -0.39 is 122 Å². The van der Waals surface area contributed by atoms with Gasteiger partial charge in [-0.05, 0) is 220 Å². The van der Waals surface area contributed by atoms with Crippen LogP contribution in [0.4, 0.5) is 5.69 Å². The number of nitro benzene ring substituents is 1. The molecule has 7 aromatic carbocycles. The largest absolute Gasteiger partial charge is 0.541 e. The zero-order valence-electron chi connectivity index (χ0n) is 96.0. The minimum atomic E-state index is -2.08. The predicted octanol–water partition coefficient (Wildman–Crippen LogP) is 27.7. The molecule has 0 unspecified atom stereocenters. The molecule has 0 saturated carbocycles. The summed E-state index contributed by atoms with van der Waals surface area (Å²) in [6.07, 6.45) is -7.01. The van der Waals surface area contributed by atoms with Crippen molar-refractivity contribution < 1.29 is 118 Å². The molecule has 3 aliphatic rings. The number of hydrogen-bond donors (Lipinski definition) is 3. The number of carbonyl (C=O) groups is 5. The third-order valence-corrected chi connectivity index (χ3v) is 56.0. The Balaban J connectivity index is 0.000000313. The van der Waals surface area contributed by atoms with Crippen LogP contribution < -0.4 is 50.2 Å². The molecule has 10 rings (SSSR count). The number of nitro groups is 1. The molecule has 3 aliphatic heterocycles. The number of aliphatic hydroxyl groups is 3. The van der Waals surface area contributed by atoms with Crippen molar-refractivity contribution in [2.75, 3.05) is 0 Å². The second kappa shape index (κ2) is 53.6. The van der Waals surface area contributed by atoms with Gasteiger partial charge in [0.05, 0.1) is 23.6 Å². The summed E-state index contributed by atoms with van der Waals surface area (Å²) < 4.78 is 96.7. The summed E-state index contributed by atoms with van der Waals surface area (Å²) in [4.78, 5) is 68.5. The molecule has 3 saturated heterocycles. The minimum absolute atomic E-state index is 0.0224. The second-order valence-electron chi connectivity index (χ2n) is 47.9. The Morgan fingerprint density at radius 2 is 0.646 bits per heavy atom. The minimum Gasteiger partial charge on any atom is -0.541 e. The number of ketones is 2. The van der Waals surface area contributed by atoms with Crippen LogP contribution in [0.15, 0.2) is 170 Å². The lowest BCUT2D eigenvalue weighted by Crippen LogP contribution is -2.59. The molecule has 0 aliphatic carbocycles. The fourth-order valence-electron chi connectivity index (χ4n) is 13.6. The third-order valence-electron chi connectivity index (χ3n) is 29.9. The molecular weight excluding hydrogens is 1970 g/mol. The highest BCUT2D eigenvalue weighted by atomic mass is 28.4. The molecule has 3 N–H and O–H groups in total. The zero-order chi connectivity index (χ0) is 112. The van der Waals surface area contributed by atoms with E-state index in [9.17, 15) is 49.4 Å². The van der Waals surface area contributed by atoms with Crippen molar-refractivity contribution in [1.82, 2.24) is 0 Å². The number of rotatable bonds is 31. The van der Waals surface area contributed by atoms with Crippen molar-refractivity contribution in [2.45, 2.75) is 410 Å². The van der Waals surface area contributed by atoms with Gasteiger partial charge in [0.2, 0.25) is 18.9 Å². The monoisotopic (exact) mass is 2150 g/mol. The van der Waals surface area contributed by atoms with E-state index >= 15 is 0 Å². The quantitative estimate of drug-likeness (QED) is 0.0119. The summed E-state index contributed by atoms with van der Waals surface area (Å²) in [5.41, 5.74) is 2.49. The molecule has 0 aromatic heterocycles. The van der Waals surface area contributed by atoms with Crippen LogP contribution >= 0.6 is 0 Å². The van der Waals surface area contributed by atoms with Crippen LogP contribution in [0.2, 0.25) is 109 Å². The molecule has 15 atom stereocenters. The Morgan fingerprint density at radius 3 is 0.993 bits per heavy atom. The molecule has 27 nitrogen and oxygen atoms in total. The highest BCUT2D eigenvalue weighted by molar-refractivity contribution is 6.77. The van der Waals surface area contributed by atoms with E-state index in [2.05, 4.69) is 236 Å². The Hall–Kier alpha value is -9.25. The highest BCUT2D eigenvalue weighted by Crippen LogP contribution is 2.49. The van der Waals surface area contributed by atoms with Gasteiger partial charge in [-0.25, -0.2) is 0 Å². The van der Waals surface area contributed by atoms with Gasteiger partial charge in [-0.1, -0.05) is 263 Å². The molecule has 3 fully saturated rings. The Bertz CT molecular complexity index is 5370. The molecule has 0 bridgehead atoms. The van der Waals surface area contributed by atoms with E-state index in [1.807, 2.05) is 143 Å². The molecule has 0 amide bonds. The first-order chi connectivity index (χ1) is 67.5. The average Bonchev–Trinajstić information content (AvgIpc) is 0.785. The first-order valence-corrected chi connectivity index (χ1v) is 69.0. The summed E-state index contributed by atoms with van der Waals surface area (Å²) in [6, 6.07) is 52.6. The Labute approximate surface area is 885 Å². The number of carbonyl (C=O) groups excluding carboxylic acids is 5. The maximum Gasteiger partial charge on any atom is 0.311 e. The molecule has 7 aromatic rings. The van der Waals surface area contributed by atoms with Crippen LogP contribution in [0.5, 0.6) is 63.2 Å². The van der Waals surface area contributed by atoms with Crippen LogP contribution in [-0.4, -0.2) is 167 Å². The smallest absolute Gasteiger partial charge is 0.311 e. The summed E-state index contributed by atoms with van der Waals surface area (Å²) in [5, 5.41) is 41.6. The average molecular weight is 2150 g/mol. The van der Waals surface area contributed by atoms with Gasteiger partial charge >= 0.3 is 23.6 Å². The zero-order valence-corrected chi connectivity index (χ0v) is 102. The molecular formula is C114H179NO26Si6. The second-order valence-corrected chi connectivity index (χ2v) is 76.2. The van der Waals surface area contributed by atoms with Gasteiger partial charge in [-0.2, -0.15) is 0 Å². The number of hydrogen-bond acceptors (Lipinski definition) is 26. The van der Waals surface area contributed by atoms with E-state index in [-0.39, 0.29) is 102 Å². The van der Waals surface area contributed by atoms with Crippen molar-refractivity contribution in [1.29, 1.82) is 0 Å². The van der Waals surface area contributed by atoms with Gasteiger partial charge < -0.3 is 94.0 Å². The van der Waals surface area contributed by atoms with Crippen molar-refractivity contribution in [3.63, 3.8) is 0 Å². The number of nitrogens with zero attached hydrogens (tertiary/aromatic N) is 1. The molecule has 0 spiro atoms. The van der Waals surface area contributed by atoms with Gasteiger partial charge in [-0.15, -0.1) is 0 Å². The summed E-state index contributed by atoms with van der Waals surface area (Å²) >= 11 is 0. The van der Waals surface area contributed by atoms with Crippen LogP contribution in [0.3, 0.4) is 0 Å². The van der Waals surface area contributed by atoms with Crippen LogP contribution in [0.1, 0.15) is 231 Å². The van der Waals surface area contributed by atoms with Gasteiger partial charge in [-0.3, -0.25) is 29.3 Å². The number of aliphatic hydroxyl groups excluding tert-OH is 3. The maximum absolute atomic E-state index is 12.2. The molecule has 3 heterocycles. The number of aryl methyl sites for hydroxylation is 1. The van der Waals surface area contributed by atoms with Gasteiger partial charge in [0.15, 0.2) is 46.4 Å². The molecule has 820 valence electrons. The Kier molecular flexibility index (Phi) is 46.8. The van der Waals surface area contributed by atoms with E-state index in [0.717, 1.165) is 23.7 Å². The summed E-state index contributed by atoms with van der Waals surface area (Å²) in [6.45, 7) is 85.5. The molecule has 0 radical (unpaired) electrons. The summed E-state index contributed by atoms with van der Waals surface area (Å²) in [5.74, 6) is 5.43. The maximum atomic E-state index is 12.2. The number of Topliss-reactive ketones (excluding diaryl/α,β-unsaturated/α-hetero) is 2. The predicted molar refractivity (Wildman–Crippen MR) is 598 cm³/mol. The lowest BCUT2D eigenvalue weighted by Gasteiger charge is -2.44. The van der Waals surface area contributed by atoms with E-state index in [4.69, 9.17) is 73.9 Å². The number of ether oxygens (including phenoxy) is 10. The van der Waals surface area contributed by atoms with Crippen molar-refractivity contribution >= 4 is 85.1 Å². The SMILES string of the molecule is CC(=O)CCC(=O)Oc1ccccc1O[Si](C)(C)C(C)(C)C.CC(=O)O[C@H]1[C@H](C)[C@@H](C)[C@H](Oc2ccccc2O[Si](C)(C)C(C)(C)C)O[C@@H]1C(C)=O.CC(C)(C)[Si](C)(C)Oc1ccccc1[N+](=O)[O-].CC[C@H]1O[C@@H](Oc2ccccc2O[Si](C)(C)C(C)(C)C)[C@H](C)[C@@H](C)[C@H]1OC(C)=O.CC[C@H]1O[C@@H](Oc2ccccc2O[Si](C)(C)C(C)(C)C)[C@H](O)[C@@H](O)[C@H]1O.Cc1ccccc1COc1ccccc1O[Si](C)(C)C(C)(C)C. The lowest BCUT2D eigenvalue weighted by molar-refractivity contribution is -0.385. The summed E-state index contributed by atoms with van der Waals surface area (Å²) in [7, 11) is -12.1. The molecule has 147 heavy (non-hydrogen) atoms. The normalized spacial score (nSPS) is 21.5. The number of benzene rings is 7. The lowest BCUT2D eigenvalue weighted by atomic mass is 9.83. The Morgan fingerprint density at radius 1 is 0.354 bits per heavy atom. The first-order valence-electron chi connectivity index (χ1n) is 51.5. The van der Waals surface area contributed by atoms with E-state index in [1.165, 1.54) is 44.9 Å². The van der Waals surface area contributed by atoms with E-state index in [0.29, 0.717) is 59.0 Å². The van der Waals surface area contributed by atoms with Crippen molar-refractivity contribution in [2.24, 2.45) is 23.7 Å². The standard InChI is InChI=1S/C23H36O6Si.C23H38O5Si.C20H28O2Si.C19H32O6Si.C17H26O4Si.C12H19NO3Si/c1-14-15(2)22(28-21(16(3)24)20(14)26-17(4)25)27-18-12-10-11-13-19(18)29-30(8,9)23(5,6)7;1-10-18-21(25-17(4)24)15(2)16(3)22(26-18)27-19-13-11-12-14-20(19)28-29(8,9)23(5,6)7;1-16-11-7-8-12-17(16)15-21-18-13-9-10-14-19(18)22-23(5,6)20(2,3)4;1-7-12-15(20)16(21)17(22)18(23-12)24-13-10-8-9-11-14(13)25-26(5,6)19(2,3)4;1-13(18)11-12-16(19)20-14-9-7-8-10-15(14)21-22(5,6)17(2,3)4;1-12(2,3)17(4,5)16-11-9-7-6-8-10(11)13(14)15/h10-15,20-22H,1-9H3;11-16,18,21-22H,10H2,1-9H3;7-14H,15H2,1-6H3;8-12,15-18,20-22H,7H2,1-6H3;7-10H,11-12H2,1-6H3;6-9H,1-5H3/t14-,15-,20+,21-,22-;15-,16-,18-,21-,22+;;12-,15+,16+,17-,18+;;/m11.1../s1. The van der Waals surface area contributed by atoms with Gasteiger partial charge in [0.1, 0.15) is 71.7 Å². The number of esters is 3. The number of para-hydroxylation sites is 12. The fourth-order valence-corrected chi connectivity index (χ4v) is 19.8.